The molecule has 1 aliphatic heterocycles. The van der Waals surface area contributed by atoms with E-state index < -0.39 is 23.6 Å². The summed E-state index contributed by atoms with van der Waals surface area (Å²) in [6.45, 7) is 5.00. The summed E-state index contributed by atoms with van der Waals surface area (Å²) in [4.78, 5) is 0. The van der Waals surface area contributed by atoms with Crippen LogP contribution in [-0.2, 0) is 9.47 Å². The van der Waals surface area contributed by atoms with Crippen molar-refractivity contribution in [1.82, 2.24) is 0 Å². The van der Waals surface area contributed by atoms with E-state index in [0.29, 0.717) is 32.0 Å². The van der Waals surface area contributed by atoms with E-state index in [2.05, 4.69) is 0 Å². The van der Waals surface area contributed by atoms with Crippen molar-refractivity contribution in [2.45, 2.75) is 38.9 Å². The molecule has 0 radical (unpaired) electrons. The van der Waals surface area contributed by atoms with Gasteiger partial charge in [-0.25, -0.2) is 13.2 Å². The van der Waals surface area contributed by atoms with Crippen LogP contribution in [0.1, 0.15) is 38.4 Å². The van der Waals surface area contributed by atoms with E-state index in [1.807, 2.05) is 6.92 Å². The molecule has 0 bridgehead atoms. The van der Waals surface area contributed by atoms with E-state index in [1.54, 1.807) is 6.92 Å². The molecule has 0 amide bonds. The molecule has 0 aliphatic carbocycles. The van der Waals surface area contributed by atoms with Crippen LogP contribution >= 0.6 is 0 Å². The molecular formula is C21H23F3O3. The summed E-state index contributed by atoms with van der Waals surface area (Å²) in [7, 11) is 0. The molecule has 0 aromatic heterocycles. The first-order chi connectivity index (χ1) is 13.0. The van der Waals surface area contributed by atoms with Gasteiger partial charge in [0.15, 0.2) is 11.6 Å². The molecule has 2 aromatic carbocycles. The highest BCUT2D eigenvalue weighted by Crippen LogP contribution is 2.36. The summed E-state index contributed by atoms with van der Waals surface area (Å²) in [6.07, 6.45) is 0.707. The summed E-state index contributed by atoms with van der Waals surface area (Å²) < 4.78 is 60.1. The first-order valence-electron chi connectivity index (χ1n) is 9.18. The van der Waals surface area contributed by atoms with Gasteiger partial charge in [0.1, 0.15) is 11.6 Å². The van der Waals surface area contributed by atoms with Crippen LogP contribution in [0.5, 0.6) is 5.75 Å². The molecule has 1 heterocycles. The molecular weight excluding hydrogens is 357 g/mol. The van der Waals surface area contributed by atoms with E-state index >= 15 is 0 Å². The zero-order valence-electron chi connectivity index (χ0n) is 15.4. The van der Waals surface area contributed by atoms with E-state index in [-0.39, 0.29) is 22.8 Å². The van der Waals surface area contributed by atoms with Crippen LogP contribution in [0.3, 0.4) is 0 Å². The molecule has 2 atom stereocenters. The SMILES string of the molecule is CCOc1ccc(-c2ccc(C3CCC(OCC)CO3)c(F)c2F)c(F)c1. The molecule has 27 heavy (non-hydrogen) atoms. The average molecular weight is 380 g/mol. The minimum atomic E-state index is -1.08. The maximum atomic E-state index is 14.7. The molecule has 2 aromatic rings. The Morgan fingerprint density at radius 1 is 0.963 bits per heavy atom. The monoisotopic (exact) mass is 380 g/mol. The minimum Gasteiger partial charge on any atom is -0.494 e. The normalized spacial score (nSPS) is 19.9. The molecule has 1 fully saturated rings. The average Bonchev–Trinajstić information content (AvgIpc) is 2.66. The number of halogens is 3. The fraction of sp³-hybridized carbons (Fsp3) is 0.429. The van der Waals surface area contributed by atoms with E-state index in [9.17, 15) is 13.2 Å². The summed E-state index contributed by atoms with van der Waals surface area (Å²) in [5.74, 6) is -2.40. The third-order valence-corrected chi connectivity index (χ3v) is 4.64. The quantitative estimate of drug-likeness (QED) is 0.669. The van der Waals surface area contributed by atoms with Crippen LogP contribution < -0.4 is 4.74 Å². The van der Waals surface area contributed by atoms with Crippen LogP contribution in [0.2, 0.25) is 0 Å². The highest BCUT2D eigenvalue weighted by molar-refractivity contribution is 5.66. The second-order valence-corrected chi connectivity index (χ2v) is 6.38. The summed E-state index contributed by atoms with van der Waals surface area (Å²) in [5.41, 5.74) is 0.0136. The molecule has 3 nitrogen and oxygen atoms in total. The molecule has 6 heteroatoms. The van der Waals surface area contributed by atoms with Crippen LogP contribution in [-0.4, -0.2) is 25.9 Å². The van der Waals surface area contributed by atoms with Gasteiger partial charge >= 0.3 is 0 Å². The van der Waals surface area contributed by atoms with Crippen LogP contribution in [0.15, 0.2) is 30.3 Å². The molecule has 0 spiro atoms. The fourth-order valence-corrected chi connectivity index (χ4v) is 3.33. The van der Waals surface area contributed by atoms with Gasteiger partial charge < -0.3 is 14.2 Å². The minimum absolute atomic E-state index is 0.0117. The van der Waals surface area contributed by atoms with Gasteiger partial charge in [-0.15, -0.1) is 0 Å². The number of hydrogen-bond acceptors (Lipinski definition) is 3. The lowest BCUT2D eigenvalue weighted by atomic mass is 9.96. The highest BCUT2D eigenvalue weighted by atomic mass is 19.2. The first-order valence-corrected chi connectivity index (χ1v) is 9.18. The molecule has 0 N–H and O–H groups in total. The standard InChI is InChI=1S/C21H23F3O3/c1-3-25-13-5-7-15(18(22)11-13)16-8-9-17(21(24)20(16)23)19-10-6-14(12-27-19)26-4-2/h5,7-9,11,14,19H,3-4,6,10,12H2,1-2H3. The van der Waals surface area contributed by atoms with Crippen molar-refractivity contribution in [2.24, 2.45) is 0 Å². The lowest BCUT2D eigenvalue weighted by molar-refractivity contribution is -0.0850. The van der Waals surface area contributed by atoms with Gasteiger partial charge in [-0.05, 0) is 38.8 Å². The maximum absolute atomic E-state index is 14.7. The van der Waals surface area contributed by atoms with Crippen molar-refractivity contribution in [3.8, 4) is 16.9 Å². The Labute approximate surface area is 157 Å². The Kier molecular flexibility index (Phi) is 6.39. The van der Waals surface area contributed by atoms with Crippen LogP contribution in [0.25, 0.3) is 11.1 Å². The Balaban J connectivity index is 1.84. The predicted molar refractivity (Wildman–Crippen MR) is 96.3 cm³/mol. The van der Waals surface area contributed by atoms with Crippen molar-refractivity contribution < 1.29 is 27.4 Å². The maximum Gasteiger partial charge on any atom is 0.167 e. The summed E-state index contributed by atoms with van der Waals surface area (Å²) in [6, 6.07) is 6.95. The third-order valence-electron chi connectivity index (χ3n) is 4.64. The number of hydrogen-bond donors (Lipinski definition) is 0. The molecule has 3 rings (SSSR count). The summed E-state index contributed by atoms with van der Waals surface area (Å²) >= 11 is 0. The van der Waals surface area contributed by atoms with Gasteiger partial charge in [0.05, 0.1) is 25.4 Å². The van der Waals surface area contributed by atoms with Gasteiger partial charge in [-0.2, -0.15) is 0 Å². The van der Waals surface area contributed by atoms with Gasteiger partial charge in [0, 0.05) is 29.4 Å². The molecule has 146 valence electrons. The molecule has 1 aliphatic rings. The van der Waals surface area contributed by atoms with Crippen molar-refractivity contribution in [2.75, 3.05) is 19.8 Å². The second-order valence-electron chi connectivity index (χ2n) is 6.38. The lowest BCUT2D eigenvalue weighted by Crippen LogP contribution is -2.28. The van der Waals surface area contributed by atoms with Gasteiger partial charge in [-0.3, -0.25) is 0 Å². The fourth-order valence-electron chi connectivity index (χ4n) is 3.33. The van der Waals surface area contributed by atoms with Crippen molar-refractivity contribution in [1.29, 1.82) is 0 Å². The smallest absolute Gasteiger partial charge is 0.167 e. The Morgan fingerprint density at radius 2 is 1.74 bits per heavy atom. The second kappa shape index (κ2) is 8.76. The third kappa shape index (κ3) is 4.28. The van der Waals surface area contributed by atoms with E-state index in [0.717, 1.165) is 6.42 Å². The Morgan fingerprint density at radius 3 is 2.37 bits per heavy atom. The number of benzene rings is 2. The zero-order chi connectivity index (χ0) is 19.4. The van der Waals surface area contributed by atoms with Crippen molar-refractivity contribution in [3.63, 3.8) is 0 Å². The van der Waals surface area contributed by atoms with E-state index in [1.165, 1.54) is 30.3 Å². The van der Waals surface area contributed by atoms with Crippen molar-refractivity contribution >= 4 is 0 Å². The number of ether oxygens (including phenoxy) is 3. The first kappa shape index (κ1) is 19.7. The van der Waals surface area contributed by atoms with Crippen LogP contribution in [0.4, 0.5) is 13.2 Å². The van der Waals surface area contributed by atoms with Crippen molar-refractivity contribution in [3.05, 3.63) is 53.3 Å². The lowest BCUT2D eigenvalue weighted by Gasteiger charge is -2.29. The van der Waals surface area contributed by atoms with E-state index in [4.69, 9.17) is 14.2 Å². The molecule has 2 unspecified atom stereocenters. The Bertz CT molecular complexity index is 786. The zero-order valence-corrected chi connectivity index (χ0v) is 15.4. The number of rotatable bonds is 6. The topological polar surface area (TPSA) is 27.7 Å². The Hall–Kier alpha value is -2.05. The molecule has 0 saturated carbocycles. The predicted octanol–water partition coefficient (Wildman–Crippen LogP) is 5.43. The molecule has 1 saturated heterocycles. The van der Waals surface area contributed by atoms with Gasteiger partial charge in [-0.1, -0.05) is 12.1 Å². The van der Waals surface area contributed by atoms with Gasteiger partial charge in [0.25, 0.3) is 0 Å². The summed E-state index contributed by atoms with van der Waals surface area (Å²) in [5, 5.41) is 0. The highest BCUT2D eigenvalue weighted by Gasteiger charge is 2.27. The van der Waals surface area contributed by atoms with Gasteiger partial charge in [0.2, 0.25) is 0 Å². The largest absolute Gasteiger partial charge is 0.494 e. The van der Waals surface area contributed by atoms with Crippen LogP contribution in [0, 0.1) is 17.5 Å².